The lowest BCUT2D eigenvalue weighted by Gasteiger charge is -2.14. The number of hydrogen-bond acceptors (Lipinski definition) is 2. The Balaban J connectivity index is 2.81. The van der Waals surface area contributed by atoms with Crippen LogP contribution in [-0.2, 0) is 4.79 Å². The molecular weight excluding hydrogens is 242 g/mol. The second kappa shape index (κ2) is 6.73. The molecule has 0 saturated carbocycles. The first-order valence-electron chi connectivity index (χ1n) is 6.17. The fourth-order valence-corrected chi connectivity index (χ4v) is 1.85. The van der Waals surface area contributed by atoms with Gasteiger partial charge in [-0.05, 0) is 38.3 Å². The second-order valence-corrected chi connectivity index (χ2v) is 4.55. The monoisotopic (exact) mass is 261 g/mol. The molecule has 4 heteroatoms. The molecule has 1 aromatic rings. The number of carboxylic acids is 1. The molecule has 102 valence electrons. The van der Waals surface area contributed by atoms with Crippen molar-refractivity contribution in [3.8, 4) is 0 Å². The summed E-state index contributed by atoms with van der Waals surface area (Å²) in [4.78, 5) is 23.1. The number of aryl methyl sites for hydroxylation is 2. The number of carbonyl (C=O) groups is 2. The number of carbonyl (C=O) groups excluding carboxylic acids is 1. The SMILES string of the molecule is C=CCCC(NC(=O)c1ccc(C)cc1C)C(=O)O. The van der Waals surface area contributed by atoms with Crippen molar-refractivity contribution in [2.24, 2.45) is 0 Å². The third-order valence-corrected chi connectivity index (χ3v) is 2.89. The summed E-state index contributed by atoms with van der Waals surface area (Å²) >= 11 is 0. The minimum absolute atomic E-state index is 0.343. The van der Waals surface area contributed by atoms with E-state index < -0.39 is 12.0 Å². The van der Waals surface area contributed by atoms with Crippen LogP contribution in [0.1, 0.15) is 34.3 Å². The number of rotatable bonds is 6. The van der Waals surface area contributed by atoms with Gasteiger partial charge in [-0.15, -0.1) is 6.58 Å². The van der Waals surface area contributed by atoms with E-state index in [-0.39, 0.29) is 5.91 Å². The standard InChI is InChI=1S/C15H19NO3/c1-4-5-6-13(15(18)19)16-14(17)12-8-7-10(2)9-11(12)3/h4,7-9,13H,1,5-6H2,2-3H3,(H,16,17)(H,18,19). The summed E-state index contributed by atoms with van der Waals surface area (Å²) in [6.07, 6.45) is 2.53. The Morgan fingerprint density at radius 1 is 1.42 bits per heavy atom. The van der Waals surface area contributed by atoms with E-state index in [4.69, 9.17) is 5.11 Å². The average Bonchev–Trinajstić information content (AvgIpc) is 2.33. The third-order valence-electron chi connectivity index (χ3n) is 2.89. The van der Waals surface area contributed by atoms with Crippen LogP contribution in [0.15, 0.2) is 30.9 Å². The van der Waals surface area contributed by atoms with E-state index in [1.54, 1.807) is 12.1 Å². The summed E-state index contributed by atoms with van der Waals surface area (Å²) < 4.78 is 0. The summed E-state index contributed by atoms with van der Waals surface area (Å²) in [5, 5.41) is 11.6. The lowest BCUT2D eigenvalue weighted by molar-refractivity contribution is -0.139. The van der Waals surface area contributed by atoms with E-state index >= 15 is 0 Å². The van der Waals surface area contributed by atoms with Gasteiger partial charge in [0.15, 0.2) is 0 Å². The number of allylic oxidation sites excluding steroid dienone is 1. The molecule has 0 saturated heterocycles. The quantitative estimate of drug-likeness (QED) is 0.773. The molecule has 0 radical (unpaired) electrons. The maximum absolute atomic E-state index is 12.1. The molecular formula is C15H19NO3. The van der Waals surface area contributed by atoms with Gasteiger partial charge in [0.25, 0.3) is 5.91 Å². The molecule has 0 spiro atoms. The molecule has 1 atom stereocenters. The average molecular weight is 261 g/mol. The van der Waals surface area contributed by atoms with Crippen LogP contribution in [0.5, 0.6) is 0 Å². The van der Waals surface area contributed by atoms with E-state index in [1.165, 1.54) is 0 Å². The zero-order chi connectivity index (χ0) is 14.4. The van der Waals surface area contributed by atoms with Crippen molar-refractivity contribution in [1.82, 2.24) is 5.32 Å². The summed E-state index contributed by atoms with van der Waals surface area (Å²) in [6, 6.07) is 4.56. The van der Waals surface area contributed by atoms with Crippen LogP contribution in [0.4, 0.5) is 0 Å². The number of hydrogen-bond donors (Lipinski definition) is 2. The molecule has 0 aliphatic rings. The van der Waals surface area contributed by atoms with Gasteiger partial charge >= 0.3 is 5.97 Å². The Kier molecular flexibility index (Phi) is 5.30. The van der Waals surface area contributed by atoms with E-state index in [2.05, 4.69) is 11.9 Å². The van der Waals surface area contributed by atoms with Gasteiger partial charge in [0.05, 0.1) is 0 Å². The summed E-state index contributed by atoms with van der Waals surface area (Å²) in [5.41, 5.74) is 2.41. The van der Waals surface area contributed by atoms with E-state index in [9.17, 15) is 9.59 Å². The molecule has 19 heavy (non-hydrogen) atoms. The topological polar surface area (TPSA) is 66.4 Å². The summed E-state index contributed by atoms with van der Waals surface area (Å²) in [6.45, 7) is 7.33. The number of aliphatic carboxylic acids is 1. The lowest BCUT2D eigenvalue weighted by Crippen LogP contribution is -2.40. The number of amides is 1. The highest BCUT2D eigenvalue weighted by atomic mass is 16.4. The first-order valence-corrected chi connectivity index (χ1v) is 6.17. The van der Waals surface area contributed by atoms with Crippen molar-refractivity contribution < 1.29 is 14.7 Å². The molecule has 0 aromatic heterocycles. The van der Waals surface area contributed by atoms with Crippen molar-refractivity contribution in [3.63, 3.8) is 0 Å². The molecule has 0 heterocycles. The number of benzene rings is 1. The lowest BCUT2D eigenvalue weighted by atomic mass is 10.0. The van der Waals surface area contributed by atoms with Crippen LogP contribution in [0.2, 0.25) is 0 Å². The molecule has 0 aliphatic heterocycles. The van der Waals surface area contributed by atoms with Crippen LogP contribution in [0.25, 0.3) is 0 Å². The van der Waals surface area contributed by atoms with Crippen LogP contribution in [0.3, 0.4) is 0 Å². The zero-order valence-electron chi connectivity index (χ0n) is 11.3. The fourth-order valence-electron chi connectivity index (χ4n) is 1.85. The molecule has 1 rings (SSSR count). The highest BCUT2D eigenvalue weighted by molar-refractivity contribution is 5.97. The van der Waals surface area contributed by atoms with Gasteiger partial charge in [0.2, 0.25) is 0 Å². The van der Waals surface area contributed by atoms with Crippen molar-refractivity contribution in [1.29, 1.82) is 0 Å². The van der Waals surface area contributed by atoms with E-state index in [0.717, 1.165) is 11.1 Å². The van der Waals surface area contributed by atoms with Gasteiger partial charge in [-0.1, -0.05) is 23.8 Å². The Morgan fingerprint density at radius 3 is 2.63 bits per heavy atom. The van der Waals surface area contributed by atoms with E-state index in [0.29, 0.717) is 18.4 Å². The maximum atomic E-state index is 12.1. The number of carboxylic acid groups (broad SMARTS) is 1. The van der Waals surface area contributed by atoms with Crippen LogP contribution < -0.4 is 5.32 Å². The maximum Gasteiger partial charge on any atom is 0.326 e. The molecule has 0 bridgehead atoms. The van der Waals surface area contributed by atoms with Gasteiger partial charge in [-0.25, -0.2) is 4.79 Å². The third kappa shape index (κ3) is 4.25. The molecule has 1 amide bonds. The molecule has 1 aromatic carbocycles. The summed E-state index contributed by atoms with van der Waals surface area (Å²) in [5.74, 6) is -1.38. The fraction of sp³-hybridized carbons (Fsp3) is 0.333. The Labute approximate surface area is 113 Å². The predicted molar refractivity (Wildman–Crippen MR) is 74.2 cm³/mol. The van der Waals surface area contributed by atoms with Gasteiger partial charge in [0, 0.05) is 5.56 Å². The molecule has 4 nitrogen and oxygen atoms in total. The highest BCUT2D eigenvalue weighted by Gasteiger charge is 2.20. The number of nitrogens with one attached hydrogen (secondary N) is 1. The zero-order valence-corrected chi connectivity index (χ0v) is 11.3. The van der Waals surface area contributed by atoms with Crippen LogP contribution in [-0.4, -0.2) is 23.0 Å². The van der Waals surface area contributed by atoms with Crippen molar-refractivity contribution in [3.05, 3.63) is 47.5 Å². The first kappa shape index (κ1) is 15.0. The predicted octanol–water partition coefficient (Wildman–Crippen LogP) is 2.45. The van der Waals surface area contributed by atoms with Gasteiger partial charge < -0.3 is 10.4 Å². The van der Waals surface area contributed by atoms with E-state index in [1.807, 2.05) is 26.0 Å². The van der Waals surface area contributed by atoms with Gasteiger partial charge in [-0.2, -0.15) is 0 Å². The normalized spacial score (nSPS) is 11.7. The second-order valence-electron chi connectivity index (χ2n) is 4.55. The largest absolute Gasteiger partial charge is 0.480 e. The van der Waals surface area contributed by atoms with Crippen molar-refractivity contribution in [2.45, 2.75) is 32.7 Å². The first-order chi connectivity index (χ1) is 8.95. The Bertz CT molecular complexity index is 494. The van der Waals surface area contributed by atoms with Crippen LogP contribution in [0, 0.1) is 13.8 Å². The van der Waals surface area contributed by atoms with Gasteiger partial charge in [0.1, 0.15) is 6.04 Å². The Morgan fingerprint density at radius 2 is 2.11 bits per heavy atom. The molecule has 0 fully saturated rings. The minimum atomic E-state index is -1.03. The highest BCUT2D eigenvalue weighted by Crippen LogP contribution is 2.11. The van der Waals surface area contributed by atoms with Crippen molar-refractivity contribution >= 4 is 11.9 Å². The molecule has 0 aliphatic carbocycles. The van der Waals surface area contributed by atoms with Crippen molar-refractivity contribution in [2.75, 3.05) is 0 Å². The Hall–Kier alpha value is -2.10. The molecule has 1 unspecified atom stereocenters. The van der Waals surface area contributed by atoms with Gasteiger partial charge in [-0.3, -0.25) is 4.79 Å². The molecule has 2 N–H and O–H groups in total. The van der Waals surface area contributed by atoms with Crippen LogP contribution >= 0.6 is 0 Å². The summed E-state index contributed by atoms with van der Waals surface area (Å²) in [7, 11) is 0. The smallest absolute Gasteiger partial charge is 0.326 e. The minimum Gasteiger partial charge on any atom is -0.480 e.